The smallest absolute Gasteiger partial charge is 0.146 e. The predicted octanol–water partition coefficient (Wildman–Crippen LogP) is 1.81. The topological polar surface area (TPSA) is 80.5 Å². The SMILES string of the molecule is CC/C=C(C)/C=N/C(=C\O)COCC1(CO)COCOC1. The van der Waals surface area contributed by atoms with E-state index in [1.807, 2.05) is 19.9 Å². The molecule has 0 unspecified atom stereocenters. The van der Waals surface area contributed by atoms with Crippen LogP contribution in [0.5, 0.6) is 0 Å². The van der Waals surface area contributed by atoms with Crippen molar-refractivity contribution in [1.82, 2.24) is 0 Å². The van der Waals surface area contributed by atoms with Crippen LogP contribution in [0.4, 0.5) is 0 Å². The molecule has 2 N–H and O–H groups in total. The Morgan fingerprint density at radius 2 is 2.10 bits per heavy atom. The number of allylic oxidation sites excluding steroid dienone is 2. The average molecular weight is 299 g/mol. The number of rotatable bonds is 8. The van der Waals surface area contributed by atoms with Crippen LogP contribution in [0.1, 0.15) is 20.3 Å². The van der Waals surface area contributed by atoms with Gasteiger partial charge >= 0.3 is 0 Å². The fourth-order valence-corrected chi connectivity index (χ4v) is 1.88. The fourth-order valence-electron chi connectivity index (χ4n) is 1.88. The van der Waals surface area contributed by atoms with Crippen LogP contribution in [0.15, 0.2) is 28.6 Å². The minimum Gasteiger partial charge on any atom is -0.514 e. The van der Waals surface area contributed by atoms with E-state index in [-0.39, 0.29) is 26.6 Å². The van der Waals surface area contributed by atoms with E-state index < -0.39 is 5.41 Å². The third kappa shape index (κ3) is 6.39. The second-order valence-corrected chi connectivity index (χ2v) is 5.20. The van der Waals surface area contributed by atoms with Crippen molar-refractivity contribution in [1.29, 1.82) is 0 Å². The first-order valence-electron chi connectivity index (χ1n) is 7.04. The third-order valence-electron chi connectivity index (χ3n) is 3.09. The molecule has 0 aromatic heterocycles. The van der Waals surface area contributed by atoms with Crippen LogP contribution >= 0.6 is 0 Å². The van der Waals surface area contributed by atoms with Crippen LogP contribution in [0.25, 0.3) is 0 Å². The van der Waals surface area contributed by atoms with E-state index in [0.717, 1.165) is 18.3 Å². The summed E-state index contributed by atoms with van der Waals surface area (Å²) in [5.41, 5.74) is 0.906. The van der Waals surface area contributed by atoms with E-state index in [4.69, 9.17) is 19.3 Å². The largest absolute Gasteiger partial charge is 0.514 e. The van der Waals surface area contributed by atoms with Crippen molar-refractivity contribution in [3.63, 3.8) is 0 Å². The van der Waals surface area contributed by atoms with Crippen molar-refractivity contribution < 1.29 is 24.4 Å². The zero-order valence-electron chi connectivity index (χ0n) is 12.7. The molecule has 1 saturated heterocycles. The Hall–Kier alpha value is -1.21. The van der Waals surface area contributed by atoms with Crippen LogP contribution < -0.4 is 0 Å². The first-order valence-corrected chi connectivity index (χ1v) is 7.04. The molecule has 1 aliphatic heterocycles. The Morgan fingerprint density at radius 3 is 2.67 bits per heavy atom. The van der Waals surface area contributed by atoms with Crippen LogP contribution in [-0.4, -0.2) is 56.3 Å². The summed E-state index contributed by atoms with van der Waals surface area (Å²) in [5.74, 6) is 0. The van der Waals surface area contributed by atoms with Crippen molar-refractivity contribution in [3.8, 4) is 0 Å². The molecule has 0 spiro atoms. The number of nitrogens with zero attached hydrogens (tertiary/aromatic N) is 1. The lowest BCUT2D eigenvalue weighted by Gasteiger charge is -2.34. The number of aliphatic hydroxyl groups excluding tert-OH is 2. The van der Waals surface area contributed by atoms with E-state index >= 15 is 0 Å². The molecule has 1 heterocycles. The lowest BCUT2D eigenvalue weighted by atomic mass is 9.92. The van der Waals surface area contributed by atoms with Gasteiger partial charge in [-0.3, -0.25) is 4.99 Å². The van der Waals surface area contributed by atoms with E-state index in [1.54, 1.807) is 6.21 Å². The summed E-state index contributed by atoms with van der Waals surface area (Å²) < 4.78 is 15.9. The second kappa shape index (κ2) is 9.68. The number of ether oxygens (including phenoxy) is 3. The minimum absolute atomic E-state index is 0.0766. The van der Waals surface area contributed by atoms with E-state index in [0.29, 0.717) is 18.9 Å². The van der Waals surface area contributed by atoms with E-state index in [9.17, 15) is 5.11 Å². The van der Waals surface area contributed by atoms with Gasteiger partial charge in [-0.2, -0.15) is 0 Å². The Morgan fingerprint density at radius 1 is 1.38 bits per heavy atom. The normalized spacial score (nSPS) is 20.1. The minimum atomic E-state index is -0.541. The standard InChI is InChI=1S/C15H25NO5/c1-3-4-13(2)5-16-14(6-17)7-19-9-15(8-18)10-20-12-21-11-15/h4-6,17-18H,3,7-12H2,1-2H3/b13-4+,14-6-,16-5+. The molecule has 21 heavy (non-hydrogen) atoms. The molecule has 0 radical (unpaired) electrons. The molecule has 120 valence electrons. The van der Waals surface area contributed by atoms with Crippen LogP contribution in [0, 0.1) is 5.41 Å². The highest BCUT2D eigenvalue weighted by Gasteiger charge is 2.33. The van der Waals surface area contributed by atoms with Crippen LogP contribution in [-0.2, 0) is 14.2 Å². The first-order chi connectivity index (χ1) is 10.2. The van der Waals surface area contributed by atoms with Gasteiger partial charge in [-0.15, -0.1) is 0 Å². The molecule has 6 nitrogen and oxygen atoms in total. The highest BCUT2D eigenvalue weighted by atomic mass is 16.7. The van der Waals surface area contributed by atoms with Gasteiger partial charge in [0.25, 0.3) is 0 Å². The molecule has 0 amide bonds. The number of hydrogen-bond donors (Lipinski definition) is 2. The molecule has 0 aromatic rings. The number of aliphatic hydroxyl groups is 2. The maximum Gasteiger partial charge on any atom is 0.146 e. The van der Waals surface area contributed by atoms with E-state index in [2.05, 4.69) is 4.99 Å². The Bertz CT molecular complexity index is 384. The Kier molecular flexibility index (Phi) is 8.22. The summed E-state index contributed by atoms with van der Waals surface area (Å²) in [6.45, 7) is 5.39. The molecule has 0 saturated carbocycles. The van der Waals surface area contributed by atoms with E-state index in [1.165, 1.54) is 0 Å². The molecular weight excluding hydrogens is 274 g/mol. The average Bonchev–Trinajstić information content (AvgIpc) is 2.52. The van der Waals surface area contributed by atoms with Crippen molar-refractivity contribution in [3.05, 3.63) is 23.6 Å². The Labute approximate surface area is 125 Å². The predicted molar refractivity (Wildman–Crippen MR) is 80.4 cm³/mol. The summed E-state index contributed by atoms with van der Waals surface area (Å²) in [4.78, 5) is 4.16. The summed E-state index contributed by atoms with van der Waals surface area (Å²) in [7, 11) is 0. The maximum absolute atomic E-state index is 9.46. The first kappa shape index (κ1) is 17.8. The summed E-state index contributed by atoms with van der Waals surface area (Å²) in [6.07, 6.45) is 5.58. The lowest BCUT2D eigenvalue weighted by Crippen LogP contribution is -2.44. The second-order valence-electron chi connectivity index (χ2n) is 5.20. The lowest BCUT2D eigenvalue weighted by molar-refractivity contribution is -0.191. The third-order valence-corrected chi connectivity index (χ3v) is 3.09. The molecule has 0 bridgehead atoms. The molecule has 6 heteroatoms. The molecule has 1 aliphatic rings. The molecule has 0 aliphatic carbocycles. The highest BCUT2D eigenvalue weighted by Crippen LogP contribution is 2.22. The molecule has 0 atom stereocenters. The van der Waals surface area contributed by atoms with Crippen molar-refractivity contribution in [2.75, 3.05) is 39.8 Å². The van der Waals surface area contributed by atoms with Gasteiger partial charge in [0.15, 0.2) is 0 Å². The fraction of sp³-hybridized carbons (Fsp3) is 0.667. The van der Waals surface area contributed by atoms with Gasteiger partial charge in [0.2, 0.25) is 0 Å². The van der Waals surface area contributed by atoms with Gasteiger partial charge in [-0.1, -0.05) is 13.0 Å². The molecule has 1 rings (SSSR count). The molecular formula is C15H25NO5. The van der Waals surface area contributed by atoms with Gasteiger partial charge in [-0.25, -0.2) is 0 Å². The van der Waals surface area contributed by atoms with Crippen LogP contribution in [0.2, 0.25) is 0 Å². The summed E-state index contributed by atoms with van der Waals surface area (Å²) >= 11 is 0. The van der Waals surface area contributed by atoms with Gasteiger partial charge in [-0.05, 0) is 18.9 Å². The molecule has 1 fully saturated rings. The molecule has 0 aromatic carbocycles. The van der Waals surface area contributed by atoms with Crippen molar-refractivity contribution in [2.24, 2.45) is 10.4 Å². The van der Waals surface area contributed by atoms with Crippen molar-refractivity contribution >= 4 is 6.21 Å². The van der Waals surface area contributed by atoms with Gasteiger partial charge in [0, 0.05) is 6.21 Å². The van der Waals surface area contributed by atoms with Gasteiger partial charge < -0.3 is 24.4 Å². The number of hydrogen-bond acceptors (Lipinski definition) is 6. The quantitative estimate of drug-likeness (QED) is 0.528. The van der Waals surface area contributed by atoms with Gasteiger partial charge in [0.1, 0.15) is 18.8 Å². The zero-order chi connectivity index (χ0) is 15.6. The number of aliphatic imine (C=N–C) groups is 1. The summed E-state index contributed by atoms with van der Waals surface area (Å²) in [6, 6.07) is 0. The van der Waals surface area contributed by atoms with Gasteiger partial charge in [0.05, 0.1) is 38.4 Å². The van der Waals surface area contributed by atoms with Crippen LogP contribution in [0.3, 0.4) is 0 Å². The summed E-state index contributed by atoms with van der Waals surface area (Å²) in [5, 5.41) is 18.6. The highest BCUT2D eigenvalue weighted by molar-refractivity contribution is 5.78. The maximum atomic E-state index is 9.46. The Balaban J connectivity index is 2.43. The zero-order valence-corrected chi connectivity index (χ0v) is 12.7. The van der Waals surface area contributed by atoms with Crippen molar-refractivity contribution in [2.45, 2.75) is 20.3 Å². The monoisotopic (exact) mass is 299 g/mol.